The molecule has 1 amide bonds. The van der Waals surface area contributed by atoms with Gasteiger partial charge in [-0.15, -0.1) is 11.8 Å². The lowest BCUT2D eigenvalue weighted by Gasteiger charge is -2.04. The normalized spacial score (nSPS) is 10.7. The molecule has 2 aromatic heterocycles. The predicted octanol–water partition coefficient (Wildman–Crippen LogP) is 4.18. The summed E-state index contributed by atoms with van der Waals surface area (Å²) in [6, 6.07) is 7.46. The number of amides is 1. The first kappa shape index (κ1) is 18.5. The van der Waals surface area contributed by atoms with Crippen LogP contribution in [0.5, 0.6) is 5.75 Å². The van der Waals surface area contributed by atoms with Gasteiger partial charge in [-0.05, 0) is 17.7 Å². The van der Waals surface area contributed by atoms with Crippen LogP contribution in [0.25, 0.3) is 0 Å². The average molecular weight is 390 g/mol. The molecule has 1 aromatic carbocycles. The second kappa shape index (κ2) is 8.86. The van der Waals surface area contributed by atoms with E-state index in [-0.39, 0.29) is 12.3 Å². The number of hydrogen-bond acceptors (Lipinski definition) is 7. The number of ether oxygens (including phenoxy) is 1. The highest BCUT2D eigenvalue weighted by Gasteiger charge is 2.10. The monoisotopic (exact) mass is 389 g/mol. The third-order valence-electron chi connectivity index (χ3n) is 3.52. The maximum atomic E-state index is 12.2. The number of hydrogen-bond donors (Lipinski definition) is 1. The van der Waals surface area contributed by atoms with Crippen LogP contribution in [0.15, 0.2) is 45.3 Å². The molecule has 0 bridgehead atoms. The summed E-state index contributed by atoms with van der Waals surface area (Å²) in [4.78, 5) is 20.7. The Labute approximate surface area is 160 Å². The molecule has 26 heavy (non-hydrogen) atoms. The molecule has 0 fully saturated rings. The molecule has 0 aliphatic heterocycles. The number of nitrogens with one attached hydrogen (secondary N) is 1. The fraction of sp³-hybridized carbons (Fsp3) is 0.278. The number of methoxy groups -OCH3 is 1. The minimum atomic E-state index is -0.107. The van der Waals surface area contributed by atoms with E-state index in [1.807, 2.05) is 31.2 Å². The first-order valence-corrected chi connectivity index (χ1v) is 9.91. The van der Waals surface area contributed by atoms with Crippen LogP contribution < -0.4 is 10.1 Å². The van der Waals surface area contributed by atoms with Crippen molar-refractivity contribution in [1.82, 2.24) is 9.97 Å². The van der Waals surface area contributed by atoms with Gasteiger partial charge < -0.3 is 14.5 Å². The molecule has 136 valence electrons. The largest absolute Gasteiger partial charge is 0.497 e. The second-order valence-corrected chi connectivity index (χ2v) is 7.73. The van der Waals surface area contributed by atoms with Gasteiger partial charge in [0.15, 0.2) is 5.13 Å². The Bertz CT molecular complexity index is 876. The average Bonchev–Trinajstić information content (AvgIpc) is 3.29. The van der Waals surface area contributed by atoms with Crippen molar-refractivity contribution in [3.05, 3.63) is 53.9 Å². The zero-order chi connectivity index (χ0) is 18.4. The summed E-state index contributed by atoms with van der Waals surface area (Å²) in [7, 11) is 1.61. The molecule has 0 unspecified atom stereocenters. The zero-order valence-corrected chi connectivity index (χ0v) is 16.2. The summed E-state index contributed by atoms with van der Waals surface area (Å²) in [6.07, 6.45) is 4.62. The summed E-state index contributed by atoms with van der Waals surface area (Å²) in [5.74, 6) is 2.85. The van der Waals surface area contributed by atoms with Crippen molar-refractivity contribution >= 4 is 34.1 Å². The molecule has 0 aliphatic rings. The Kier molecular flexibility index (Phi) is 6.30. The van der Waals surface area contributed by atoms with E-state index in [2.05, 4.69) is 15.3 Å². The number of thioether (sulfide) groups is 1. The third kappa shape index (κ3) is 5.09. The van der Waals surface area contributed by atoms with E-state index < -0.39 is 0 Å². The van der Waals surface area contributed by atoms with Gasteiger partial charge in [0.1, 0.15) is 11.5 Å². The quantitative estimate of drug-likeness (QED) is 0.583. The number of benzene rings is 1. The van der Waals surface area contributed by atoms with E-state index in [1.165, 1.54) is 11.3 Å². The van der Waals surface area contributed by atoms with E-state index in [0.29, 0.717) is 16.8 Å². The van der Waals surface area contributed by atoms with Crippen molar-refractivity contribution in [2.24, 2.45) is 0 Å². The lowest BCUT2D eigenvalue weighted by molar-refractivity contribution is -0.115. The van der Waals surface area contributed by atoms with Gasteiger partial charge in [0, 0.05) is 6.42 Å². The number of rotatable bonds is 8. The maximum Gasteiger partial charge on any atom is 0.230 e. The third-order valence-corrected chi connectivity index (χ3v) is 5.61. The van der Waals surface area contributed by atoms with Gasteiger partial charge in [-0.1, -0.05) is 30.4 Å². The van der Waals surface area contributed by atoms with Crippen molar-refractivity contribution in [2.75, 3.05) is 12.4 Å². The lowest BCUT2D eigenvalue weighted by Crippen LogP contribution is -2.14. The molecule has 0 saturated carbocycles. The van der Waals surface area contributed by atoms with Crippen molar-refractivity contribution in [1.29, 1.82) is 0 Å². The van der Waals surface area contributed by atoms with Crippen molar-refractivity contribution < 1.29 is 13.9 Å². The first-order chi connectivity index (χ1) is 12.7. The molecule has 0 aliphatic carbocycles. The van der Waals surface area contributed by atoms with Crippen LogP contribution in [0.4, 0.5) is 5.13 Å². The topological polar surface area (TPSA) is 77.2 Å². The minimum absolute atomic E-state index is 0.107. The smallest absolute Gasteiger partial charge is 0.230 e. The Morgan fingerprint density at radius 3 is 3.00 bits per heavy atom. The summed E-state index contributed by atoms with van der Waals surface area (Å²) < 4.78 is 11.8. The molecule has 1 N–H and O–H groups in total. The van der Waals surface area contributed by atoms with Gasteiger partial charge in [-0.3, -0.25) is 4.79 Å². The molecule has 0 atom stereocenters. The highest BCUT2D eigenvalue weighted by molar-refractivity contribution is 8.00. The van der Waals surface area contributed by atoms with Crippen molar-refractivity contribution in [3.8, 4) is 5.75 Å². The summed E-state index contributed by atoms with van der Waals surface area (Å²) >= 11 is 3.02. The van der Waals surface area contributed by atoms with Crippen molar-refractivity contribution in [3.63, 3.8) is 0 Å². The predicted molar refractivity (Wildman–Crippen MR) is 103 cm³/mol. The standard InChI is InChI=1S/C18H19N3O3S2/c1-3-13-9-19-16(24-13)11-25-17-10-20-18(26-17)21-15(22)8-12-5-4-6-14(7-12)23-2/h4-7,9-10H,3,8,11H2,1-2H3,(H,20,21,22). The Morgan fingerprint density at radius 1 is 1.35 bits per heavy atom. The second-order valence-electron chi connectivity index (χ2n) is 5.42. The lowest BCUT2D eigenvalue weighted by atomic mass is 10.1. The van der Waals surface area contributed by atoms with Crippen LogP contribution in [-0.4, -0.2) is 23.0 Å². The van der Waals surface area contributed by atoms with Crippen LogP contribution in [0, 0.1) is 0 Å². The highest BCUT2D eigenvalue weighted by atomic mass is 32.2. The molecule has 8 heteroatoms. The fourth-order valence-electron chi connectivity index (χ4n) is 2.23. The molecule has 3 aromatic rings. The van der Waals surface area contributed by atoms with Gasteiger partial charge in [0.25, 0.3) is 0 Å². The fourth-order valence-corrected chi connectivity index (χ4v) is 3.97. The summed E-state index contributed by atoms with van der Waals surface area (Å²) in [5, 5.41) is 3.42. The number of carbonyl (C=O) groups excluding carboxylic acids is 1. The number of aryl methyl sites for hydroxylation is 1. The van der Waals surface area contributed by atoms with E-state index in [0.717, 1.165) is 27.7 Å². The molecule has 0 spiro atoms. The van der Waals surface area contributed by atoms with Crippen LogP contribution in [0.2, 0.25) is 0 Å². The van der Waals surface area contributed by atoms with Crippen molar-refractivity contribution in [2.45, 2.75) is 29.7 Å². The number of thiazole rings is 1. The SMILES string of the molecule is CCc1cnc(CSc2cnc(NC(=O)Cc3cccc(OC)c3)s2)o1. The van der Waals surface area contributed by atoms with Gasteiger partial charge in [0.05, 0.1) is 35.9 Å². The highest BCUT2D eigenvalue weighted by Crippen LogP contribution is 2.30. The van der Waals surface area contributed by atoms with Crippen LogP contribution in [0.3, 0.4) is 0 Å². The Balaban J connectivity index is 1.51. The minimum Gasteiger partial charge on any atom is -0.497 e. The Hall–Kier alpha value is -2.32. The molecule has 6 nitrogen and oxygen atoms in total. The molecular formula is C18H19N3O3S2. The van der Waals surface area contributed by atoms with Crippen LogP contribution in [-0.2, 0) is 23.4 Å². The number of carbonyl (C=O) groups is 1. The van der Waals surface area contributed by atoms with E-state index in [4.69, 9.17) is 9.15 Å². The van der Waals surface area contributed by atoms with Crippen LogP contribution >= 0.6 is 23.1 Å². The number of aromatic nitrogens is 2. The number of oxazole rings is 1. The molecular weight excluding hydrogens is 370 g/mol. The maximum absolute atomic E-state index is 12.2. The van der Waals surface area contributed by atoms with E-state index in [1.54, 1.807) is 31.3 Å². The molecule has 3 rings (SSSR count). The van der Waals surface area contributed by atoms with Crippen LogP contribution in [0.1, 0.15) is 24.1 Å². The van der Waals surface area contributed by atoms with Gasteiger partial charge >= 0.3 is 0 Å². The van der Waals surface area contributed by atoms with Gasteiger partial charge in [-0.25, -0.2) is 9.97 Å². The van der Waals surface area contributed by atoms with Gasteiger partial charge in [0.2, 0.25) is 11.8 Å². The first-order valence-electron chi connectivity index (χ1n) is 8.11. The van der Waals surface area contributed by atoms with E-state index >= 15 is 0 Å². The van der Waals surface area contributed by atoms with E-state index in [9.17, 15) is 4.79 Å². The Morgan fingerprint density at radius 2 is 2.23 bits per heavy atom. The molecule has 2 heterocycles. The summed E-state index contributed by atoms with van der Waals surface area (Å²) in [5.41, 5.74) is 0.892. The summed E-state index contributed by atoms with van der Waals surface area (Å²) in [6.45, 7) is 2.03. The zero-order valence-electron chi connectivity index (χ0n) is 14.5. The molecule has 0 saturated heterocycles. The number of nitrogens with zero attached hydrogens (tertiary/aromatic N) is 2. The number of anilines is 1. The van der Waals surface area contributed by atoms with Gasteiger partial charge in [-0.2, -0.15) is 0 Å². The molecule has 0 radical (unpaired) electrons.